The maximum absolute atomic E-state index is 11.0. The minimum absolute atomic E-state index is 0.125. The van der Waals surface area contributed by atoms with Crippen LogP contribution in [0.15, 0.2) is 11.9 Å². The summed E-state index contributed by atoms with van der Waals surface area (Å²) in [4.78, 5) is 0. The smallest absolute Gasteiger partial charge is 0.307 e. The monoisotopic (exact) mass is 194 g/mol. The minimum atomic E-state index is -3.69. The number of allylic oxidation sites excluding steroid dienone is 1. The van der Waals surface area contributed by atoms with E-state index in [4.69, 9.17) is 10.2 Å². The highest BCUT2D eigenvalue weighted by molar-refractivity contribution is 4.93. The Morgan fingerprint density at radius 1 is 1.00 bits per heavy atom. The average Bonchev–Trinajstić information content (AvgIpc) is 2.03. The molecule has 0 amide bonds. The van der Waals surface area contributed by atoms with Gasteiger partial charge in [0, 0.05) is 0 Å². The molecule has 0 aromatic heterocycles. The molecule has 0 radical (unpaired) electrons. The predicted molar refractivity (Wildman–Crippen MR) is 30.5 cm³/mol. The molecular formula is C5H7F5O2. The van der Waals surface area contributed by atoms with Gasteiger partial charge in [0.2, 0.25) is 5.83 Å². The minimum Gasteiger partial charge on any atom is -0.394 e. The lowest BCUT2D eigenvalue weighted by molar-refractivity contribution is 0.145. The number of alkyl halides is 2. The van der Waals surface area contributed by atoms with E-state index in [-0.39, 0.29) is 13.2 Å². The van der Waals surface area contributed by atoms with E-state index in [2.05, 4.69) is 0 Å². The summed E-state index contributed by atoms with van der Waals surface area (Å²) in [6.07, 6.45) is -6.65. The Kier molecular flexibility index (Phi) is 9.72. The first-order chi connectivity index (χ1) is 5.47. The van der Waals surface area contributed by atoms with E-state index in [0.29, 0.717) is 0 Å². The summed E-state index contributed by atoms with van der Waals surface area (Å²) in [6.45, 7) is -0.250. The van der Waals surface area contributed by atoms with Crippen molar-refractivity contribution in [1.82, 2.24) is 0 Å². The maximum Gasteiger partial charge on any atom is 0.307 e. The highest BCUT2D eigenvalue weighted by atomic mass is 19.3. The number of aliphatic hydroxyl groups excluding tert-OH is 2. The molecule has 0 saturated carbocycles. The highest BCUT2D eigenvalue weighted by Gasteiger charge is 2.16. The van der Waals surface area contributed by atoms with Crippen molar-refractivity contribution in [1.29, 1.82) is 0 Å². The van der Waals surface area contributed by atoms with Crippen LogP contribution in [0.5, 0.6) is 0 Å². The normalized spacial score (nSPS) is 9.00. The molecule has 2 N–H and O–H groups in total. The zero-order valence-corrected chi connectivity index (χ0v) is 5.78. The van der Waals surface area contributed by atoms with Crippen LogP contribution in [0.1, 0.15) is 0 Å². The van der Waals surface area contributed by atoms with Gasteiger partial charge in [0.15, 0.2) is 0 Å². The fourth-order valence-electron chi connectivity index (χ4n) is 0.0825. The largest absolute Gasteiger partial charge is 0.394 e. The van der Waals surface area contributed by atoms with E-state index in [0.717, 1.165) is 0 Å². The molecule has 74 valence electrons. The lowest BCUT2D eigenvalue weighted by atomic mass is 10.6. The van der Waals surface area contributed by atoms with Gasteiger partial charge >= 0.3 is 6.08 Å². The van der Waals surface area contributed by atoms with Gasteiger partial charge in [0.25, 0.3) is 6.43 Å². The van der Waals surface area contributed by atoms with Crippen LogP contribution < -0.4 is 0 Å². The third-order valence-corrected chi connectivity index (χ3v) is 0.472. The van der Waals surface area contributed by atoms with Crippen LogP contribution in [-0.4, -0.2) is 29.9 Å². The predicted octanol–water partition coefficient (Wildman–Crippen LogP) is 1.30. The molecule has 0 aliphatic heterocycles. The van der Waals surface area contributed by atoms with Crippen molar-refractivity contribution in [3.8, 4) is 0 Å². The Bertz CT molecular complexity index is 130. The van der Waals surface area contributed by atoms with Crippen molar-refractivity contribution in [2.75, 3.05) is 13.2 Å². The molecule has 0 aliphatic rings. The zero-order chi connectivity index (χ0) is 10.1. The van der Waals surface area contributed by atoms with Crippen LogP contribution >= 0.6 is 0 Å². The van der Waals surface area contributed by atoms with E-state index < -0.39 is 18.3 Å². The standard InChI is InChI=1S/C3HF5.C2H6O2/c4-1(2(5)6)3(7)8;3-1-2-4/h2H;3-4H,1-2H2. The third-order valence-electron chi connectivity index (χ3n) is 0.472. The molecule has 0 aliphatic carbocycles. The van der Waals surface area contributed by atoms with Crippen molar-refractivity contribution >= 4 is 0 Å². The molecule has 0 bridgehead atoms. The molecule has 2 nitrogen and oxygen atoms in total. The summed E-state index contributed by atoms with van der Waals surface area (Å²) in [7, 11) is 0. The van der Waals surface area contributed by atoms with E-state index in [1.54, 1.807) is 0 Å². The van der Waals surface area contributed by atoms with Gasteiger partial charge in [0.05, 0.1) is 13.2 Å². The average molecular weight is 194 g/mol. The van der Waals surface area contributed by atoms with Crippen LogP contribution in [0, 0.1) is 0 Å². The molecule has 7 heteroatoms. The number of hydrogen-bond acceptors (Lipinski definition) is 2. The van der Waals surface area contributed by atoms with Gasteiger partial charge in [-0.05, 0) is 0 Å². The maximum atomic E-state index is 11.0. The van der Waals surface area contributed by atoms with Gasteiger partial charge in [-0.2, -0.15) is 13.2 Å². The molecule has 0 saturated heterocycles. The van der Waals surface area contributed by atoms with Crippen LogP contribution in [0.2, 0.25) is 0 Å². The van der Waals surface area contributed by atoms with Gasteiger partial charge in [-0.3, -0.25) is 0 Å². The second-order valence-corrected chi connectivity index (χ2v) is 1.36. The Labute approximate surface area is 64.9 Å². The van der Waals surface area contributed by atoms with Crippen LogP contribution in [-0.2, 0) is 0 Å². The molecule has 0 fully saturated rings. The van der Waals surface area contributed by atoms with E-state index in [9.17, 15) is 22.0 Å². The fraction of sp³-hybridized carbons (Fsp3) is 0.600. The van der Waals surface area contributed by atoms with Crippen molar-refractivity contribution in [2.24, 2.45) is 0 Å². The van der Waals surface area contributed by atoms with Crippen molar-refractivity contribution in [3.05, 3.63) is 11.9 Å². The van der Waals surface area contributed by atoms with Gasteiger partial charge in [-0.25, -0.2) is 8.78 Å². The molecule has 0 heterocycles. The molecule has 0 unspecified atom stereocenters. The van der Waals surface area contributed by atoms with Crippen LogP contribution in [0.4, 0.5) is 22.0 Å². The first-order valence-electron chi connectivity index (χ1n) is 2.67. The quantitative estimate of drug-likeness (QED) is 0.650. The topological polar surface area (TPSA) is 40.5 Å². The summed E-state index contributed by atoms with van der Waals surface area (Å²) >= 11 is 0. The Balaban J connectivity index is 0. The van der Waals surface area contributed by atoms with Crippen molar-refractivity contribution in [3.63, 3.8) is 0 Å². The molecular weight excluding hydrogens is 187 g/mol. The molecule has 12 heavy (non-hydrogen) atoms. The second-order valence-electron chi connectivity index (χ2n) is 1.36. The van der Waals surface area contributed by atoms with Crippen molar-refractivity contribution in [2.45, 2.75) is 6.43 Å². The zero-order valence-electron chi connectivity index (χ0n) is 5.78. The van der Waals surface area contributed by atoms with Gasteiger partial charge in [-0.15, -0.1) is 0 Å². The summed E-state index contributed by atoms with van der Waals surface area (Å²) in [5, 5.41) is 15.2. The summed E-state index contributed by atoms with van der Waals surface area (Å²) in [5.41, 5.74) is 0. The van der Waals surface area contributed by atoms with Gasteiger partial charge in [-0.1, -0.05) is 0 Å². The lowest BCUT2D eigenvalue weighted by Crippen LogP contribution is -1.90. The number of halogens is 5. The number of rotatable bonds is 2. The molecule has 0 aromatic rings. The first-order valence-corrected chi connectivity index (χ1v) is 2.67. The lowest BCUT2D eigenvalue weighted by Gasteiger charge is -1.88. The summed E-state index contributed by atoms with van der Waals surface area (Å²) in [5.74, 6) is -2.65. The third kappa shape index (κ3) is 9.31. The van der Waals surface area contributed by atoms with E-state index in [1.165, 1.54) is 0 Å². The SMILES string of the molecule is FC(F)=C(F)C(F)F.OCCO. The first kappa shape index (κ1) is 13.9. The molecule has 0 spiro atoms. The van der Waals surface area contributed by atoms with Crippen LogP contribution in [0.25, 0.3) is 0 Å². The van der Waals surface area contributed by atoms with E-state index >= 15 is 0 Å². The summed E-state index contributed by atoms with van der Waals surface area (Å²) in [6, 6.07) is 0. The van der Waals surface area contributed by atoms with Gasteiger partial charge in [0.1, 0.15) is 0 Å². The Morgan fingerprint density at radius 3 is 1.33 bits per heavy atom. The Hall–Kier alpha value is -0.690. The molecule has 0 atom stereocenters. The number of hydrogen-bond donors (Lipinski definition) is 2. The summed E-state index contributed by atoms with van der Waals surface area (Å²) < 4.78 is 54.0. The fourth-order valence-corrected chi connectivity index (χ4v) is 0.0825. The highest BCUT2D eigenvalue weighted by Crippen LogP contribution is 2.16. The molecule has 0 aromatic carbocycles. The Morgan fingerprint density at radius 2 is 1.33 bits per heavy atom. The van der Waals surface area contributed by atoms with Crippen molar-refractivity contribution < 1.29 is 32.2 Å². The molecule has 0 rings (SSSR count). The second kappa shape index (κ2) is 8.41. The number of aliphatic hydroxyl groups is 2. The van der Waals surface area contributed by atoms with Gasteiger partial charge < -0.3 is 10.2 Å². The van der Waals surface area contributed by atoms with E-state index in [1.807, 2.05) is 0 Å². The van der Waals surface area contributed by atoms with Crippen LogP contribution in [0.3, 0.4) is 0 Å².